The van der Waals surface area contributed by atoms with E-state index in [0.29, 0.717) is 6.42 Å². The van der Waals surface area contributed by atoms with E-state index >= 15 is 0 Å². The standard InChI is InChI=1S/C14H11O.C5H10N.3C2H6.W/c15-11-10-13-8-4-5-9-14(13)12-6-2-1-3-7-12;1-2-4-6-5-3-1;3*1-2;/h1-9H,10H2;1,6H,2-5H2;3*1-2H3;/q2*-1;;;;+2. The zero-order chi connectivity index (χ0) is 20.8. The summed E-state index contributed by atoms with van der Waals surface area (Å²) < 4.78 is 0. The van der Waals surface area contributed by atoms with E-state index in [1.54, 1.807) is 0 Å². The van der Waals surface area contributed by atoms with Crippen LogP contribution in [0.3, 0.4) is 0 Å². The van der Waals surface area contributed by atoms with Gasteiger partial charge in [0.2, 0.25) is 0 Å². The van der Waals surface area contributed by atoms with Crippen LogP contribution in [0.2, 0.25) is 0 Å². The normalized spacial score (nSPS) is 11.1. The van der Waals surface area contributed by atoms with Crippen LogP contribution in [-0.4, -0.2) is 19.4 Å². The molecular formula is C25H39NOW. The molecule has 0 saturated carbocycles. The van der Waals surface area contributed by atoms with Crippen LogP contribution >= 0.6 is 0 Å². The van der Waals surface area contributed by atoms with Crippen molar-refractivity contribution in [2.75, 3.05) is 13.1 Å². The smallest absolute Gasteiger partial charge is 0.541 e. The molecule has 1 aliphatic rings. The van der Waals surface area contributed by atoms with E-state index in [1.807, 2.05) is 102 Å². The summed E-state index contributed by atoms with van der Waals surface area (Å²) in [6.45, 7) is 14.4. The fourth-order valence-electron chi connectivity index (χ4n) is 2.33. The van der Waals surface area contributed by atoms with Crippen LogP contribution in [0.15, 0.2) is 54.6 Å². The molecule has 2 nitrogen and oxygen atoms in total. The largest absolute Gasteiger partial charge is 2.00 e. The Balaban J connectivity index is -0.000000405. The van der Waals surface area contributed by atoms with Gasteiger partial charge in [-0.15, -0.1) is 6.42 Å². The van der Waals surface area contributed by atoms with Crippen molar-refractivity contribution in [3.05, 3.63) is 66.6 Å². The molecule has 2 aromatic carbocycles. The summed E-state index contributed by atoms with van der Waals surface area (Å²) in [7, 11) is 0. The Morgan fingerprint density at radius 3 is 1.75 bits per heavy atom. The predicted molar refractivity (Wildman–Crippen MR) is 122 cm³/mol. The summed E-state index contributed by atoms with van der Waals surface area (Å²) in [5, 5.41) is 3.25. The average molecular weight is 553 g/mol. The van der Waals surface area contributed by atoms with Gasteiger partial charge in [-0.3, -0.25) is 6.29 Å². The molecule has 156 valence electrons. The van der Waals surface area contributed by atoms with Crippen LogP contribution in [-0.2, 0) is 32.3 Å². The summed E-state index contributed by atoms with van der Waals surface area (Å²) in [6, 6.07) is 18.0. The summed E-state index contributed by atoms with van der Waals surface area (Å²) in [6.07, 6.45) is 7.15. The summed E-state index contributed by atoms with van der Waals surface area (Å²) in [4.78, 5) is 10.4. The SMILES string of the molecule is CC.CC.CC.O=[C-]Cc1ccccc1-c1ccccc1.[CH-]1CCNCC1.[W+2]. The molecule has 3 heteroatoms. The minimum absolute atomic E-state index is 0. The molecule has 3 rings (SSSR count). The van der Waals surface area contributed by atoms with Gasteiger partial charge in [-0.25, -0.2) is 0 Å². The van der Waals surface area contributed by atoms with Gasteiger partial charge in [0.25, 0.3) is 0 Å². The van der Waals surface area contributed by atoms with Crippen LogP contribution in [0.1, 0.15) is 59.9 Å². The van der Waals surface area contributed by atoms with Crippen LogP contribution in [0, 0.1) is 6.42 Å². The van der Waals surface area contributed by atoms with Crippen molar-refractivity contribution < 1.29 is 25.9 Å². The fraction of sp³-hybridized carbons (Fsp3) is 0.440. The van der Waals surface area contributed by atoms with Crippen molar-refractivity contribution in [2.45, 2.75) is 60.8 Å². The van der Waals surface area contributed by atoms with Gasteiger partial charge in [-0.2, -0.15) is 12.8 Å². The first-order valence-corrected chi connectivity index (χ1v) is 10.4. The molecule has 0 aliphatic carbocycles. The second-order valence-electron chi connectivity index (χ2n) is 4.96. The van der Waals surface area contributed by atoms with Gasteiger partial charge in [0.1, 0.15) is 0 Å². The third-order valence-corrected chi connectivity index (χ3v) is 3.42. The van der Waals surface area contributed by atoms with Crippen LogP contribution in [0.25, 0.3) is 11.1 Å². The first-order valence-electron chi connectivity index (χ1n) is 10.4. The van der Waals surface area contributed by atoms with Crippen molar-refractivity contribution in [3.8, 4) is 11.1 Å². The molecule has 28 heavy (non-hydrogen) atoms. The van der Waals surface area contributed by atoms with Crippen molar-refractivity contribution in [1.29, 1.82) is 0 Å². The van der Waals surface area contributed by atoms with Gasteiger partial charge in [-0.05, 0) is 24.2 Å². The van der Waals surface area contributed by atoms with Gasteiger partial charge < -0.3 is 16.5 Å². The maximum absolute atomic E-state index is 10.4. The second kappa shape index (κ2) is 25.8. The first kappa shape index (κ1) is 31.5. The van der Waals surface area contributed by atoms with Gasteiger partial charge >= 0.3 is 21.1 Å². The number of nitrogens with one attached hydrogen (secondary N) is 1. The van der Waals surface area contributed by atoms with E-state index < -0.39 is 0 Å². The Morgan fingerprint density at radius 1 is 0.821 bits per heavy atom. The molecule has 1 saturated heterocycles. The number of carbonyl (C=O) groups excluding carboxylic acids is 1. The monoisotopic (exact) mass is 553 g/mol. The Hall–Kier alpha value is -1.24. The van der Waals surface area contributed by atoms with E-state index in [2.05, 4.69) is 11.7 Å². The number of piperidine rings is 1. The van der Waals surface area contributed by atoms with Crippen LogP contribution in [0.4, 0.5) is 0 Å². The average Bonchev–Trinajstić information content (AvgIpc) is 2.81. The maximum atomic E-state index is 10.4. The number of hydrogen-bond donors (Lipinski definition) is 1. The molecule has 1 aliphatic heterocycles. The van der Waals surface area contributed by atoms with Crippen LogP contribution in [0.5, 0.6) is 0 Å². The van der Waals surface area contributed by atoms with E-state index in [9.17, 15) is 4.79 Å². The second-order valence-corrected chi connectivity index (χ2v) is 4.96. The van der Waals surface area contributed by atoms with Gasteiger partial charge in [0.15, 0.2) is 0 Å². The number of rotatable bonds is 3. The van der Waals surface area contributed by atoms with E-state index in [4.69, 9.17) is 0 Å². The van der Waals surface area contributed by atoms with Gasteiger partial charge in [0, 0.05) is 0 Å². The molecule has 0 bridgehead atoms. The molecule has 0 amide bonds. The topological polar surface area (TPSA) is 29.1 Å². The molecule has 1 fully saturated rings. The van der Waals surface area contributed by atoms with Gasteiger partial charge in [0.05, 0.1) is 0 Å². The zero-order valence-corrected chi connectivity index (χ0v) is 21.6. The van der Waals surface area contributed by atoms with E-state index in [0.717, 1.165) is 16.7 Å². The fourth-order valence-corrected chi connectivity index (χ4v) is 2.33. The van der Waals surface area contributed by atoms with Crippen molar-refractivity contribution >= 4 is 6.29 Å². The van der Waals surface area contributed by atoms with E-state index in [-0.39, 0.29) is 21.1 Å². The Labute approximate surface area is 188 Å². The molecule has 0 unspecified atom stereocenters. The predicted octanol–water partition coefficient (Wildman–Crippen LogP) is 6.66. The number of hydrogen-bond acceptors (Lipinski definition) is 2. The minimum atomic E-state index is 0. The van der Waals surface area contributed by atoms with E-state index in [1.165, 1.54) is 25.9 Å². The van der Waals surface area contributed by atoms with Crippen molar-refractivity contribution in [1.82, 2.24) is 5.32 Å². The molecule has 1 heterocycles. The molecule has 0 spiro atoms. The summed E-state index contributed by atoms with van der Waals surface area (Å²) >= 11 is 0. The molecule has 0 atom stereocenters. The summed E-state index contributed by atoms with van der Waals surface area (Å²) in [5.74, 6) is 0. The van der Waals surface area contributed by atoms with Crippen molar-refractivity contribution in [2.24, 2.45) is 0 Å². The minimum Gasteiger partial charge on any atom is -0.541 e. The van der Waals surface area contributed by atoms with Crippen molar-refractivity contribution in [3.63, 3.8) is 0 Å². The number of benzene rings is 2. The van der Waals surface area contributed by atoms with Crippen LogP contribution < -0.4 is 5.32 Å². The van der Waals surface area contributed by atoms with Gasteiger partial charge in [-0.1, -0.05) is 102 Å². The Morgan fingerprint density at radius 2 is 1.32 bits per heavy atom. The molecular weight excluding hydrogens is 514 g/mol. The quantitative estimate of drug-likeness (QED) is 0.431. The third kappa shape index (κ3) is 14.8. The Kier molecular flexibility index (Phi) is 28.9. The molecule has 0 aromatic heterocycles. The molecule has 1 N–H and O–H groups in total. The molecule has 2 aromatic rings. The molecule has 0 radical (unpaired) electrons. The first-order chi connectivity index (χ1) is 13.4. The Bertz CT molecular complexity index is 528. The zero-order valence-electron chi connectivity index (χ0n) is 18.6. The third-order valence-electron chi connectivity index (χ3n) is 3.42. The summed E-state index contributed by atoms with van der Waals surface area (Å²) in [5.41, 5.74) is 3.28. The maximum Gasteiger partial charge on any atom is 2.00 e.